The number of benzene rings is 1. The average Bonchev–Trinajstić information content (AvgIpc) is 1.61. The van der Waals surface area contributed by atoms with Gasteiger partial charge in [0.1, 0.15) is 6.07 Å². The molecule has 5 saturated heterocycles. The Hall–Kier alpha value is -8.78. The molecule has 646 valence electrons. The van der Waals surface area contributed by atoms with Crippen molar-refractivity contribution in [2.45, 2.75) is 71.0 Å². The second-order valence-corrected chi connectivity index (χ2v) is 32.3. The number of ether oxygens (including phenoxy) is 7. The minimum absolute atomic E-state index is 0.00120. The van der Waals surface area contributed by atoms with Gasteiger partial charge in [0.2, 0.25) is 38.8 Å². The summed E-state index contributed by atoms with van der Waals surface area (Å²) in [6.07, 6.45) is 2.86. The summed E-state index contributed by atoms with van der Waals surface area (Å²) in [6, 6.07) is 9.25. The lowest BCUT2D eigenvalue weighted by Crippen LogP contribution is -2.41. The third-order valence-electron chi connectivity index (χ3n) is 15.6. The Bertz CT molecular complexity index is 4530. The van der Waals surface area contributed by atoms with Crippen molar-refractivity contribution in [3.8, 4) is 6.07 Å². The molecule has 0 atom stereocenters. The summed E-state index contributed by atoms with van der Waals surface area (Å²) < 4.78 is 150. The number of aliphatic carboxylic acids is 1. The van der Waals surface area contributed by atoms with Gasteiger partial charge in [-0.2, -0.15) is 24.6 Å². The van der Waals surface area contributed by atoms with Crippen LogP contribution in [0.2, 0.25) is 26.3 Å². The van der Waals surface area contributed by atoms with E-state index in [2.05, 4.69) is 87.8 Å². The molecule has 7 aliphatic heterocycles. The van der Waals surface area contributed by atoms with Gasteiger partial charge in [-0.05, 0) is 145 Å². The number of nitrogens with two attached hydrogens (primary N) is 2. The summed E-state index contributed by atoms with van der Waals surface area (Å²) >= 11 is 41.4. The maximum Gasteiger partial charge on any atom is 0.494 e. The molecule has 7 aliphatic rings. The highest BCUT2D eigenvalue weighted by molar-refractivity contribution is 8.24. The molecule has 0 bridgehead atoms. The molecule has 7 N–H and O–H groups in total. The minimum Gasteiger partial charge on any atom is -0.478 e. The fraction of sp³-hybridized carbons (Fsp3) is 0.446. The summed E-state index contributed by atoms with van der Waals surface area (Å²) in [5.74, 6) is -15.4. The van der Waals surface area contributed by atoms with Crippen LogP contribution in [0.5, 0.6) is 0 Å². The number of carbonyl (C=O) groups is 9. The number of halogens is 15. The molecule has 118 heavy (non-hydrogen) atoms. The van der Waals surface area contributed by atoms with Crippen molar-refractivity contribution >= 4 is 186 Å². The van der Waals surface area contributed by atoms with Crippen molar-refractivity contribution in [3.63, 3.8) is 0 Å². The van der Waals surface area contributed by atoms with Gasteiger partial charge in [-0.1, -0.05) is 23.7 Å². The molecule has 0 saturated carbocycles. The Kier molecular flexibility index (Phi) is 43.3. The van der Waals surface area contributed by atoms with Gasteiger partial charge >= 0.3 is 36.2 Å². The van der Waals surface area contributed by atoms with Gasteiger partial charge < -0.3 is 73.7 Å². The van der Waals surface area contributed by atoms with Gasteiger partial charge in [-0.3, -0.25) is 43.6 Å². The summed E-state index contributed by atoms with van der Waals surface area (Å²) in [7, 11) is 1.97. The van der Waals surface area contributed by atoms with E-state index in [9.17, 15) is 78.4 Å². The van der Waals surface area contributed by atoms with E-state index < -0.39 is 147 Å². The number of carboxylic acid groups (broad SMARTS) is 1. The van der Waals surface area contributed by atoms with Crippen LogP contribution in [0.25, 0.3) is 0 Å². The van der Waals surface area contributed by atoms with Gasteiger partial charge in [0.15, 0.2) is 74.5 Å². The Morgan fingerprint density at radius 1 is 0.559 bits per heavy atom. The third kappa shape index (κ3) is 33.4. The molecule has 0 unspecified atom stereocenters. The van der Waals surface area contributed by atoms with Crippen LogP contribution < -0.4 is 42.3 Å². The number of nitrogens with one attached hydrogen (secondary N) is 2. The van der Waals surface area contributed by atoms with Crippen LogP contribution in [0, 0.1) is 34.6 Å². The van der Waals surface area contributed by atoms with Crippen LogP contribution in [0.4, 0.5) is 53.9 Å². The maximum atomic E-state index is 14.1. The number of methoxy groups -OCH3 is 3. The molecule has 5 fully saturated rings. The van der Waals surface area contributed by atoms with Crippen molar-refractivity contribution < 1.29 is 127 Å². The number of primary amides is 1. The van der Waals surface area contributed by atoms with Crippen molar-refractivity contribution in [3.05, 3.63) is 119 Å². The van der Waals surface area contributed by atoms with Gasteiger partial charge in [0, 0.05) is 58.2 Å². The van der Waals surface area contributed by atoms with Gasteiger partial charge in [-0.25, -0.2) is 66.1 Å². The average molecular weight is 1860 g/mol. The number of hydrogen-bond donors (Lipinski definition) is 5. The molecular formula is C65H73BCl8F7N16O20P. The quantitative estimate of drug-likeness (QED) is 0.0106. The topological polar surface area (TPSA) is 487 Å². The molecular weight excluding hydrogens is 1780 g/mol. The number of imide groups is 2. The Labute approximate surface area is 708 Å². The number of carbonyl (C=O) groups excluding carboxylic acids is 8. The number of carboxylic acids is 1. The first-order valence-corrected chi connectivity index (χ1v) is 39.7. The van der Waals surface area contributed by atoms with Crippen molar-refractivity contribution in [1.82, 2.24) is 50.5 Å². The zero-order valence-corrected chi connectivity index (χ0v) is 69.8. The van der Waals surface area contributed by atoms with E-state index in [4.69, 9.17) is 109 Å². The number of morpholine rings is 3. The zero-order valence-electron chi connectivity index (χ0n) is 63.9. The molecule has 4 aromatic heterocycles. The molecule has 0 spiro atoms. The molecule has 5 aromatic rings. The lowest BCUT2D eigenvalue weighted by Gasteiger charge is -2.32. The Balaban J connectivity index is 0.000000350. The zero-order chi connectivity index (χ0) is 89.8. The van der Waals surface area contributed by atoms with Crippen molar-refractivity contribution in [1.29, 1.82) is 5.26 Å². The van der Waals surface area contributed by atoms with E-state index in [0.717, 1.165) is 45.7 Å². The highest BCUT2D eigenvalue weighted by Gasteiger charge is 2.51. The predicted molar refractivity (Wildman–Crippen MR) is 413 cm³/mol. The van der Waals surface area contributed by atoms with Crippen molar-refractivity contribution in [2.24, 2.45) is 5.73 Å². The van der Waals surface area contributed by atoms with Crippen LogP contribution in [-0.4, -0.2) is 237 Å². The van der Waals surface area contributed by atoms with Crippen LogP contribution >= 0.6 is 96.9 Å². The van der Waals surface area contributed by atoms with E-state index in [1.165, 1.54) is 19.3 Å². The van der Waals surface area contributed by atoms with Gasteiger partial charge in [0.25, 0.3) is 17.7 Å². The first kappa shape index (κ1) is 102. The van der Waals surface area contributed by atoms with Crippen LogP contribution in [0.15, 0.2) is 47.1 Å². The SMILES string of the molecule is C1CCOCC1.CC1(C)OB(c2ccc(N)cc2)OC1(C)C.COC(=O)C1=C(F)C(=O)NC(=O)C1.COC(=O)c1nc(Cl)nc(Cl)c1F.COC(=O)c1nc(Cl)nc(N2CCOCC2)c1F.N#Cc1nc(Cl)nc(N2CCOCC2)c1F.NC(=O)c1nc(Cl)nc(N2CCOCC2)c1F.O=C1CC(C(=O)O)=C(F)C(=O)N1.O=P(Cl)(Cl)Cl.[2H]CF. The molecule has 53 heteroatoms. The van der Waals surface area contributed by atoms with E-state index >= 15 is 0 Å². The molecule has 5 amide bonds. The third-order valence-corrected chi connectivity index (χ3v) is 16.5. The predicted octanol–water partition coefficient (Wildman–Crippen LogP) is 8.71. The second-order valence-electron chi connectivity index (χ2n) is 24.0. The number of nitrogens with zero attached hydrogens (tertiary/aromatic N) is 12. The van der Waals surface area contributed by atoms with Crippen molar-refractivity contribution in [2.75, 3.05) is 141 Å². The smallest absolute Gasteiger partial charge is 0.478 e. The van der Waals surface area contributed by atoms with E-state index in [1.807, 2.05) is 52.0 Å². The summed E-state index contributed by atoms with van der Waals surface area (Å²) in [4.78, 5) is 130. The number of nitriles is 1. The van der Waals surface area contributed by atoms with Crippen LogP contribution in [0.1, 0.15) is 98.3 Å². The van der Waals surface area contributed by atoms with Crippen LogP contribution in [-0.2, 0) is 75.8 Å². The largest absolute Gasteiger partial charge is 0.494 e. The molecule has 11 heterocycles. The molecule has 12 rings (SSSR count). The normalized spacial score (nSPS) is 16.5. The number of hydrogen-bond acceptors (Lipinski definition) is 32. The minimum atomic E-state index is -3.22. The number of amides is 5. The highest BCUT2D eigenvalue weighted by atomic mass is 36.0. The number of alkyl halides is 1. The fourth-order valence-electron chi connectivity index (χ4n) is 9.25. The summed E-state index contributed by atoms with van der Waals surface area (Å²) in [6.45, 7) is 16.0. The first-order valence-electron chi connectivity index (χ1n) is 34.1. The second kappa shape index (κ2) is 50.3. The lowest BCUT2D eigenvalue weighted by atomic mass is 9.79. The van der Waals surface area contributed by atoms with Crippen LogP contribution in [0.3, 0.4) is 0 Å². The molecule has 1 aromatic carbocycles. The monoisotopic (exact) mass is 1850 g/mol. The fourth-order valence-corrected chi connectivity index (χ4v) is 10.1. The number of aromatic nitrogens is 8. The Morgan fingerprint density at radius 2 is 0.898 bits per heavy atom. The standard InChI is InChI=1S/C12H18BNO2.C10H11ClFN3O3.C9H10ClFN4O2.C9H8ClFN4O.C7H6FNO4.C6H3Cl2FN2O2.C6H4FNO4.C5H10O.CH3F.Cl3OP/c1-11(2)12(3,4)16-13(15-11)9-5-7-10(14)8-6-9;1-17-9(16)7-6(12)8(14-10(11)13-7)15-2-4-18-5-3-15;10-9-13-6(7(12)16)5(11)8(14-9)15-1-3-17-4-2-15;10-9-13-6(5-12)7(11)8(14-9)15-1-3-16-4-2-15;1-13-7(12)3-2-4(10)9-6(11)5(3)8;1-13-5(12)3-2(9)4(7)11-6(8)10-3;7-4-2(6(11)12)1-3(9)8-5(4)10;1-2-4-6-5-3-1;1-2;1-5(2,3)4/h5-8H,14H2,1-4H3;2-5H2,1H3;1-4H2,(H2,12,16);1-4H2;2H2,1H3,(H,9,10,11);1H3;1H2,(H,11,12)(H,8,9,10);1-5H2;1H3;/i;;;;;;;;1D;. The van der Waals surface area contributed by atoms with Gasteiger partial charge in [0.05, 0.1) is 105 Å². The highest BCUT2D eigenvalue weighted by Crippen LogP contribution is 2.61. The van der Waals surface area contributed by atoms with E-state index in [0.29, 0.717) is 78.9 Å². The van der Waals surface area contributed by atoms with E-state index in [-0.39, 0.29) is 62.6 Å². The Morgan fingerprint density at radius 3 is 1.25 bits per heavy atom. The lowest BCUT2D eigenvalue weighted by molar-refractivity contribution is -0.139. The molecule has 36 nitrogen and oxygen atoms in total. The number of anilines is 4. The number of esters is 3. The molecule has 0 aliphatic carbocycles. The number of rotatable bonds is 9. The van der Waals surface area contributed by atoms with Gasteiger partial charge in [-0.15, -0.1) is 0 Å². The first-order chi connectivity index (χ1) is 55.8. The maximum absolute atomic E-state index is 14.1. The summed E-state index contributed by atoms with van der Waals surface area (Å²) in [5.41, 5.74) is 8.65. The summed E-state index contributed by atoms with van der Waals surface area (Å²) in [5, 5.41) is 15.8. The number of nitrogen functional groups attached to an aromatic ring is 1. The molecule has 0 radical (unpaired) electrons. The van der Waals surface area contributed by atoms with E-state index in [1.54, 1.807) is 31.4 Å².